The van der Waals surface area contributed by atoms with E-state index in [0.717, 1.165) is 16.8 Å². The van der Waals surface area contributed by atoms with Crippen molar-refractivity contribution in [1.29, 1.82) is 0 Å². The topological polar surface area (TPSA) is 68.4 Å². The fourth-order valence-corrected chi connectivity index (χ4v) is 2.69. The van der Waals surface area contributed by atoms with Crippen LogP contribution in [0.3, 0.4) is 0 Å². The van der Waals surface area contributed by atoms with Gasteiger partial charge in [-0.25, -0.2) is 9.98 Å². The first-order valence-corrected chi connectivity index (χ1v) is 7.87. The summed E-state index contributed by atoms with van der Waals surface area (Å²) >= 11 is 7.24. The van der Waals surface area contributed by atoms with E-state index in [4.69, 9.17) is 11.6 Å². The zero-order chi connectivity index (χ0) is 16.2. The molecule has 0 spiro atoms. The Kier molecular flexibility index (Phi) is 4.45. The highest BCUT2D eigenvalue weighted by molar-refractivity contribution is 7.13. The average molecular weight is 344 g/mol. The maximum absolute atomic E-state index is 10.7. The number of thiazole rings is 1. The van der Waals surface area contributed by atoms with Crippen LogP contribution in [0, 0.1) is 10.1 Å². The van der Waals surface area contributed by atoms with E-state index in [1.807, 2.05) is 17.5 Å². The van der Waals surface area contributed by atoms with E-state index in [0.29, 0.717) is 10.2 Å². The minimum absolute atomic E-state index is 0.0602. The van der Waals surface area contributed by atoms with Crippen LogP contribution in [0.1, 0.15) is 5.56 Å². The van der Waals surface area contributed by atoms with Crippen molar-refractivity contribution >= 4 is 40.0 Å². The van der Waals surface area contributed by atoms with Gasteiger partial charge >= 0.3 is 0 Å². The summed E-state index contributed by atoms with van der Waals surface area (Å²) in [7, 11) is 0. The zero-order valence-electron chi connectivity index (χ0n) is 11.7. The van der Waals surface area contributed by atoms with Crippen LogP contribution in [-0.4, -0.2) is 16.1 Å². The third kappa shape index (κ3) is 3.80. The third-order valence-corrected chi connectivity index (χ3v) is 4.06. The van der Waals surface area contributed by atoms with Crippen LogP contribution in [0.4, 0.5) is 10.8 Å². The van der Waals surface area contributed by atoms with Crippen LogP contribution >= 0.6 is 22.9 Å². The first-order chi connectivity index (χ1) is 11.1. The van der Waals surface area contributed by atoms with Crippen molar-refractivity contribution in [2.45, 2.75) is 0 Å². The molecule has 2 aromatic carbocycles. The number of rotatable bonds is 4. The Morgan fingerprint density at radius 3 is 2.48 bits per heavy atom. The SMILES string of the molecule is O=[N+]([O-])c1ccc(-c2csc(N=Cc3ccc(Cl)cc3)n2)cc1. The van der Waals surface area contributed by atoms with E-state index in [1.54, 1.807) is 30.5 Å². The molecule has 0 aliphatic heterocycles. The molecular formula is C16H10ClN3O2S. The van der Waals surface area contributed by atoms with Crippen LogP contribution in [0.25, 0.3) is 11.3 Å². The summed E-state index contributed by atoms with van der Waals surface area (Å²) in [6, 6.07) is 13.6. The molecule has 0 fully saturated rings. The number of aliphatic imine (C=N–C) groups is 1. The Morgan fingerprint density at radius 1 is 1.13 bits per heavy atom. The Morgan fingerprint density at radius 2 is 1.83 bits per heavy atom. The molecule has 0 unspecified atom stereocenters. The van der Waals surface area contributed by atoms with Crippen molar-refractivity contribution in [1.82, 2.24) is 4.98 Å². The number of aromatic nitrogens is 1. The van der Waals surface area contributed by atoms with E-state index in [2.05, 4.69) is 9.98 Å². The maximum atomic E-state index is 10.7. The minimum Gasteiger partial charge on any atom is -0.258 e. The van der Waals surface area contributed by atoms with Gasteiger partial charge in [-0.05, 0) is 29.8 Å². The first kappa shape index (κ1) is 15.3. The van der Waals surface area contributed by atoms with Crippen molar-refractivity contribution in [2.24, 2.45) is 4.99 Å². The van der Waals surface area contributed by atoms with Crippen LogP contribution < -0.4 is 0 Å². The molecule has 23 heavy (non-hydrogen) atoms. The normalized spacial score (nSPS) is 11.0. The van der Waals surface area contributed by atoms with Crippen molar-refractivity contribution in [3.05, 3.63) is 74.6 Å². The summed E-state index contributed by atoms with van der Waals surface area (Å²) in [5, 5.41) is 13.8. The smallest absolute Gasteiger partial charge is 0.258 e. The molecule has 114 valence electrons. The lowest BCUT2D eigenvalue weighted by molar-refractivity contribution is -0.384. The molecule has 0 aliphatic carbocycles. The fraction of sp³-hybridized carbons (Fsp3) is 0. The molecular weight excluding hydrogens is 334 g/mol. The quantitative estimate of drug-likeness (QED) is 0.375. The Bertz CT molecular complexity index is 858. The van der Waals surface area contributed by atoms with Gasteiger partial charge in [-0.2, -0.15) is 0 Å². The molecule has 0 aliphatic rings. The number of nitro groups is 1. The number of halogens is 1. The standard InChI is InChI=1S/C16H10ClN3O2S/c17-13-5-1-11(2-6-13)9-18-16-19-15(10-23-16)12-3-7-14(8-4-12)20(21)22/h1-10H. The molecule has 0 saturated heterocycles. The number of hydrogen-bond donors (Lipinski definition) is 0. The van der Waals surface area contributed by atoms with Gasteiger partial charge in [0.05, 0.1) is 10.6 Å². The van der Waals surface area contributed by atoms with E-state index >= 15 is 0 Å². The van der Waals surface area contributed by atoms with Crippen molar-refractivity contribution < 1.29 is 4.92 Å². The second-order valence-corrected chi connectivity index (χ2v) is 5.90. The van der Waals surface area contributed by atoms with Gasteiger partial charge in [0.15, 0.2) is 0 Å². The van der Waals surface area contributed by atoms with Crippen LogP contribution in [0.15, 0.2) is 58.9 Å². The minimum atomic E-state index is -0.424. The Hall–Kier alpha value is -2.57. The summed E-state index contributed by atoms with van der Waals surface area (Å²) in [6.07, 6.45) is 1.72. The van der Waals surface area contributed by atoms with Gasteiger partial charge < -0.3 is 0 Å². The second kappa shape index (κ2) is 6.68. The highest BCUT2D eigenvalue weighted by atomic mass is 35.5. The molecule has 3 rings (SSSR count). The largest absolute Gasteiger partial charge is 0.269 e. The second-order valence-electron chi connectivity index (χ2n) is 4.63. The molecule has 0 N–H and O–H groups in total. The molecule has 0 atom stereocenters. The van der Waals surface area contributed by atoms with Crippen molar-refractivity contribution in [3.8, 4) is 11.3 Å². The monoisotopic (exact) mass is 343 g/mol. The van der Waals surface area contributed by atoms with Gasteiger partial charge in [0.25, 0.3) is 5.69 Å². The highest BCUT2D eigenvalue weighted by Gasteiger charge is 2.07. The molecule has 3 aromatic rings. The average Bonchev–Trinajstić information content (AvgIpc) is 3.03. The van der Waals surface area contributed by atoms with Gasteiger partial charge in [0, 0.05) is 34.3 Å². The summed E-state index contributed by atoms with van der Waals surface area (Å²) in [6.45, 7) is 0. The number of nitro benzene ring substituents is 1. The van der Waals surface area contributed by atoms with Gasteiger partial charge in [-0.15, -0.1) is 11.3 Å². The van der Waals surface area contributed by atoms with Gasteiger partial charge in [0.2, 0.25) is 5.13 Å². The van der Waals surface area contributed by atoms with Crippen LogP contribution in [0.2, 0.25) is 5.02 Å². The van der Waals surface area contributed by atoms with Gasteiger partial charge in [-0.3, -0.25) is 10.1 Å². The molecule has 0 saturated carbocycles. The molecule has 1 heterocycles. The van der Waals surface area contributed by atoms with Crippen molar-refractivity contribution in [2.75, 3.05) is 0 Å². The number of nitrogens with zero attached hydrogens (tertiary/aromatic N) is 3. The summed E-state index contributed by atoms with van der Waals surface area (Å²) < 4.78 is 0. The third-order valence-electron chi connectivity index (χ3n) is 3.06. The van der Waals surface area contributed by atoms with Gasteiger partial charge in [-0.1, -0.05) is 23.7 Å². The predicted molar refractivity (Wildman–Crippen MR) is 92.9 cm³/mol. The zero-order valence-corrected chi connectivity index (χ0v) is 13.3. The van der Waals surface area contributed by atoms with Crippen LogP contribution in [0.5, 0.6) is 0 Å². The summed E-state index contributed by atoms with van der Waals surface area (Å²) in [5.74, 6) is 0. The van der Waals surface area contributed by atoms with E-state index in [-0.39, 0.29) is 5.69 Å². The highest BCUT2D eigenvalue weighted by Crippen LogP contribution is 2.27. The number of benzene rings is 2. The maximum Gasteiger partial charge on any atom is 0.269 e. The number of non-ortho nitro benzene ring substituents is 1. The fourth-order valence-electron chi connectivity index (χ4n) is 1.89. The number of hydrogen-bond acceptors (Lipinski definition) is 5. The molecule has 1 aromatic heterocycles. The molecule has 7 heteroatoms. The van der Waals surface area contributed by atoms with Gasteiger partial charge in [0.1, 0.15) is 0 Å². The van der Waals surface area contributed by atoms with E-state index < -0.39 is 4.92 Å². The lowest BCUT2D eigenvalue weighted by atomic mass is 10.1. The molecule has 0 bridgehead atoms. The summed E-state index contributed by atoms with van der Waals surface area (Å²) in [4.78, 5) is 19.0. The lowest BCUT2D eigenvalue weighted by Crippen LogP contribution is -1.87. The van der Waals surface area contributed by atoms with E-state index in [9.17, 15) is 10.1 Å². The lowest BCUT2D eigenvalue weighted by Gasteiger charge is -1.95. The Labute approximate surface area is 141 Å². The molecule has 5 nitrogen and oxygen atoms in total. The van der Waals surface area contributed by atoms with Crippen LogP contribution in [-0.2, 0) is 0 Å². The predicted octanol–water partition coefficient (Wildman–Crippen LogP) is 5.12. The van der Waals surface area contributed by atoms with E-state index in [1.165, 1.54) is 23.5 Å². The molecule has 0 radical (unpaired) electrons. The first-order valence-electron chi connectivity index (χ1n) is 6.62. The van der Waals surface area contributed by atoms with Crippen molar-refractivity contribution in [3.63, 3.8) is 0 Å². The Balaban J connectivity index is 1.77. The molecule has 0 amide bonds. The summed E-state index contributed by atoms with van der Waals surface area (Å²) in [5.41, 5.74) is 2.55.